The summed E-state index contributed by atoms with van der Waals surface area (Å²) < 4.78 is 5.23. The molecule has 148 valence electrons. The van der Waals surface area contributed by atoms with Gasteiger partial charge in [0.05, 0.1) is 18.2 Å². The molecule has 6 nitrogen and oxygen atoms in total. The third-order valence-corrected chi connectivity index (χ3v) is 4.72. The standard InChI is InChI=1S/C22H23N5OS/c1-14-4-6-19(15(2)10-14)27-22(29)25-9-8-24-21-17(13-23)11-16-12-18(28-3)5-7-20(16)26-21/h4-7,10-12H,8-9H2,1-3H3,(H,24,26)(H2,25,27,29). The number of hydrogen-bond donors (Lipinski definition) is 3. The second-order valence-electron chi connectivity index (χ2n) is 6.68. The smallest absolute Gasteiger partial charge is 0.170 e. The van der Waals surface area contributed by atoms with Crippen LogP contribution in [0.4, 0.5) is 11.5 Å². The molecule has 1 heterocycles. The lowest BCUT2D eigenvalue weighted by Crippen LogP contribution is -2.32. The molecular formula is C22H23N5OS. The average Bonchev–Trinajstić information content (AvgIpc) is 2.72. The Labute approximate surface area is 175 Å². The molecule has 0 atom stereocenters. The van der Waals surface area contributed by atoms with Crippen molar-refractivity contribution in [1.82, 2.24) is 10.3 Å². The maximum Gasteiger partial charge on any atom is 0.170 e. The quantitative estimate of drug-likeness (QED) is 0.420. The third-order valence-electron chi connectivity index (χ3n) is 4.48. The summed E-state index contributed by atoms with van der Waals surface area (Å²) in [6.07, 6.45) is 0. The Morgan fingerprint density at radius 3 is 2.69 bits per heavy atom. The molecule has 0 aliphatic heterocycles. The Hall–Kier alpha value is -3.37. The lowest BCUT2D eigenvalue weighted by atomic mass is 10.1. The highest BCUT2D eigenvalue weighted by Crippen LogP contribution is 2.24. The number of aryl methyl sites for hydroxylation is 2. The van der Waals surface area contributed by atoms with Gasteiger partial charge in [0.2, 0.25) is 0 Å². The van der Waals surface area contributed by atoms with Gasteiger partial charge < -0.3 is 20.7 Å². The summed E-state index contributed by atoms with van der Waals surface area (Å²) >= 11 is 5.36. The number of pyridine rings is 1. The first-order chi connectivity index (χ1) is 14.0. The van der Waals surface area contributed by atoms with Crippen molar-refractivity contribution in [3.8, 4) is 11.8 Å². The van der Waals surface area contributed by atoms with E-state index < -0.39 is 0 Å². The van der Waals surface area contributed by atoms with E-state index in [1.807, 2.05) is 43.3 Å². The summed E-state index contributed by atoms with van der Waals surface area (Å²) in [5, 5.41) is 20.4. The Morgan fingerprint density at radius 2 is 1.97 bits per heavy atom. The van der Waals surface area contributed by atoms with Crippen molar-refractivity contribution in [3.05, 3.63) is 59.2 Å². The Bertz CT molecular complexity index is 1090. The maximum absolute atomic E-state index is 9.45. The molecular weight excluding hydrogens is 382 g/mol. The normalized spacial score (nSPS) is 10.3. The molecule has 0 aliphatic carbocycles. The second-order valence-corrected chi connectivity index (χ2v) is 7.09. The molecule has 3 rings (SSSR count). The number of ether oxygens (including phenoxy) is 1. The summed E-state index contributed by atoms with van der Waals surface area (Å²) in [5.41, 5.74) is 4.63. The van der Waals surface area contributed by atoms with E-state index in [1.54, 1.807) is 7.11 Å². The fourth-order valence-corrected chi connectivity index (χ4v) is 3.19. The Balaban J connectivity index is 1.57. The number of fused-ring (bicyclic) bond motifs is 1. The molecule has 7 heteroatoms. The monoisotopic (exact) mass is 405 g/mol. The molecule has 0 unspecified atom stereocenters. The summed E-state index contributed by atoms with van der Waals surface area (Å²) in [5.74, 6) is 1.29. The third kappa shape index (κ3) is 5.12. The molecule has 0 saturated heterocycles. The molecule has 3 aromatic rings. The average molecular weight is 406 g/mol. The highest BCUT2D eigenvalue weighted by atomic mass is 32.1. The van der Waals surface area contributed by atoms with E-state index in [0.717, 1.165) is 27.9 Å². The van der Waals surface area contributed by atoms with Crippen molar-refractivity contribution in [3.63, 3.8) is 0 Å². The van der Waals surface area contributed by atoms with Crippen molar-refractivity contribution in [2.24, 2.45) is 0 Å². The number of methoxy groups -OCH3 is 1. The zero-order valence-electron chi connectivity index (χ0n) is 16.7. The molecule has 0 saturated carbocycles. The van der Waals surface area contributed by atoms with E-state index in [9.17, 15) is 5.26 Å². The molecule has 2 aromatic carbocycles. The van der Waals surface area contributed by atoms with E-state index in [-0.39, 0.29) is 0 Å². The van der Waals surface area contributed by atoms with Crippen LogP contribution in [0.3, 0.4) is 0 Å². The number of rotatable bonds is 6. The molecule has 0 amide bonds. The predicted molar refractivity (Wildman–Crippen MR) is 122 cm³/mol. The first-order valence-corrected chi connectivity index (χ1v) is 9.66. The van der Waals surface area contributed by atoms with Gasteiger partial charge in [-0.25, -0.2) is 4.98 Å². The van der Waals surface area contributed by atoms with Gasteiger partial charge in [-0.05, 0) is 62.0 Å². The molecule has 0 radical (unpaired) electrons. The van der Waals surface area contributed by atoms with Crippen molar-refractivity contribution in [2.45, 2.75) is 13.8 Å². The van der Waals surface area contributed by atoms with Gasteiger partial charge in [0.25, 0.3) is 0 Å². The zero-order chi connectivity index (χ0) is 20.8. The number of nitrogens with one attached hydrogen (secondary N) is 3. The lowest BCUT2D eigenvalue weighted by Gasteiger charge is -2.14. The number of anilines is 2. The maximum atomic E-state index is 9.45. The molecule has 0 fully saturated rings. The number of aromatic nitrogens is 1. The topological polar surface area (TPSA) is 82.0 Å². The SMILES string of the molecule is COc1ccc2nc(NCCNC(=S)Nc3ccc(C)cc3C)c(C#N)cc2c1. The Morgan fingerprint density at radius 1 is 1.14 bits per heavy atom. The minimum Gasteiger partial charge on any atom is -0.497 e. The van der Waals surface area contributed by atoms with Crippen molar-refractivity contribution in [2.75, 3.05) is 30.8 Å². The zero-order valence-corrected chi connectivity index (χ0v) is 17.5. The highest BCUT2D eigenvalue weighted by Gasteiger charge is 2.08. The minimum atomic E-state index is 0.488. The molecule has 0 bridgehead atoms. The lowest BCUT2D eigenvalue weighted by molar-refractivity contribution is 0.415. The number of benzene rings is 2. The van der Waals surface area contributed by atoms with E-state index >= 15 is 0 Å². The second kappa shape index (κ2) is 9.22. The van der Waals surface area contributed by atoms with Crippen LogP contribution < -0.4 is 20.7 Å². The summed E-state index contributed by atoms with van der Waals surface area (Å²) in [6.45, 7) is 5.26. The highest BCUT2D eigenvalue weighted by molar-refractivity contribution is 7.80. The van der Waals surface area contributed by atoms with Crippen LogP contribution >= 0.6 is 12.2 Å². The fourth-order valence-electron chi connectivity index (χ4n) is 2.98. The van der Waals surface area contributed by atoms with Gasteiger partial charge in [-0.2, -0.15) is 5.26 Å². The van der Waals surface area contributed by atoms with Crippen LogP contribution in [0.2, 0.25) is 0 Å². The molecule has 0 aliphatic rings. The Kier molecular flexibility index (Phi) is 6.47. The minimum absolute atomic E-state index is 0.488. The predicted octanol–water partition coefficient (Wildman–Crippen LogP) is 4.13. The summed E-state index contributed by atoms with van der Waals surface area (Å²) in [7, 11) is 1.61. The van der Waals surface area contributed by atoms with E-state index in [1.165, 1.54) is 5.56 Å². The number of hydrogen-bond acceptors (Lipinski definition) is 5. The number of nitriles is 1. The first-order valence-electron chi connectivity index (χ1n) is 9.25. The largest absolute Gasteiger partial charge is 0.497 e. The van der Waals surface area contributed by atoms with Gasteiger partial charge in [0.15, 0.2) is 5.11 Å². The van der Waals surface area contributed by atoms with E-state index in [0.29, 0.717) is 29.6 Å². The van der Waals surface area contributed by atoms with E-state index in [2.05, 4.69) is 40.0 Å². The van der Waals surface area contributed by atoms with Crippen LogP contribution in [0.25, 0.3) is 10.9 Å². The van der Waals surface area contributed by atoms with Crippen molar-refractivity contribution < 1.29 is 4.74 Å². The van der Waals surface area contributed by atoms with Gasteiger partial charge in [-0.15, -0.1) is 0 Å². The molecule has 29 heavy (non-hydrogen) atoms. The fraction of sp³-hybridized carbons (Fsp3) is 0.227. The van der Waals surface area contributed by atoms with Crippen LogP contribution in [0, 0.1) is 25.2 Å². The molecule has 1 aromatic heterocycles. The van der Waals surface area contributed by atoms with Gasteiger partial charge in [0.1, 0.15) is 17.6 Å². The van der Waals surface area contributed by atoms with Gasteiger partial charge in [0, 0.05) is 24.2 Å². The van der Waals surface area contributed by atoms with Crippen molar-refractivity contribution in [1.29, 1.82) is 5.26 Å². The van der Waals surface area contributed by atoms with E-state index in [4.69, 9.17) is 17.0 Å². The summed E-state index contributed by atoms with van der Waals surface area (Å²) in [4.78, 5) is 4.56. The van der Waals surface area contributed by atoms with Crippen LogP contribution in [0.5, 0.6) is 5.75 Å². The number of nitrogens with zero attached hydrogens (tertiary/aromatic N) is 2. The van der Waals surface area contributed by atoms with Crippen LogP contribution in [0.1, 0.15) is 16.7 Å². The van der Waals surface area contributed by atoms with Crippen molar-refractivity contribution >= 4 is 39.7 Å². The van der Waals surface area contributed by atoms with Gasteiger partial charge in [-0.3, -0.25) is 0 Å². The molecule has 0 spiro atoms. The van der Waals surface area contributed by atoms with Gasteiger partial charge in [-0.1, -0.05) is 17.7 Å². The molecule has 3 N–H and O–H groups in total. The van der Waals surface area contributed by atoms with Gasteiger partial charge >= 0.3 is 0 Å². The van der Waals surface area contributed by atoms with Crippen LogP contribution in [0.15, 0.2) is 42.5 Å². The number of thiocarbonyl (C=S) groups is 1. The van der Waals surface area contributed by atoms with Crippen LogP contribution in [-0.2, 0) is 0 Å². The van der Waals surface area contributed by atoms with Crippen LogP contribution in [-0.4, -0.2) is 30.3 Å². The first kappa shape index (κ1) is 20.4. The summed E-state index contributed by atoms with van der Waals surface area (Å²) in [6, 6.07) is 15.8.